The van der Waals surface area contributed by atoms with Gasteiger partial charge in [0.15, 0.2) is 0 Å². The van der Waals surface area contributed by atoms with E-state index >= 15 is 0 Å². The summed E-state index contributed by atoms with van der Waals surface area (Å²) in [5, 5.41) is 11.0. The third-order valence-corrected chi connectivity index (χ3v) is 2.56. The quantitative estimate of drug-likeness (QED) is 0.839. The van der Waals surface area contributed by atoms with Crippen molar-refractivity contribution in [2.75, 3.05) is 5.32 Å². The summed E-state index contributed by atoms with van der Waals surface area (Å²) in [4.78, 5) is 11.7. The van der Waals surface area contributed by atoms with Gasteiger partial charge in [0, 0.05) is 0 Å². The molecule has 0 saturated carbocycles. The van der Waals surface area contributed by atoms with Crippen molar-refractivity contribution in [3.05, 3.63) is 29.6 Å². The molecule has 5 heteroatoms. The first-order valence-corrected chi connectivity index (χ1v) is 5.84. The number of rotatable bonds is 5. The van der Waals surface area contributed by atoms with Crippen molar-refractivity contribution in [1.29, 1.82) is 5.26 Å². The predicted octanol–water partition coefficient (Wildman–Crippen LogP) is 2.15. The smallest absolute Gasteiger partial charge is 0.241 e. The molecular formula is C13H16FN3O. The number of carbonyl (C=O) groups is 1. The number of nitrogens with zero attached hydrogens (tertiary/aromatic N) is 1. The van der Waals surface area contributed by atoms with Crippen molar-refractivity contribution in [2.24, 2.45) is 5.73 Å². The minimum absolute atomic E-state index is 0.0472. The van der Waals surface area contributed by atoms with E-state index in [1.165, 1.54) is 12.1 Å². The van der Waals surface area contributed by atoms with Crippen molar-refractivity contribution in [3.63, 3.8) is 0 Å². The van der Waals surface area contributed by atoms with Crippen molar-refractivity contribution in [3.8, 4) is 6.07 Å². The Balaban J connectivity index is 2.67. The lowest BCUT2D eigenvalue weighted by molar-refractivity contribution is -0.117. The van der Waals surface area contributed by atoms with E-state index in [4.69, 9.17) is 11.0 Å². The van der Waals surface area contributed by atoms with Gasteiger partial charge in [0.05, 0.1) is 23.4 Å². The van der Waals surface area contributed by atoms with Crippen molar-refractivity contribution < 1.29 is 9.18 Å². The third-order valence-electron chi connectivity index (χ3n) is 2.56. The Labute approximate surface area is 106 Å². The standard InChI is InChI=1S/C13H16FN3O/c1-2-3-4-11(16)13(18)17-12-6-5-9(8-15)7-10(12)14/h5-7,11H,2-4,16H2,1H3,(H,17,18)/t11-/m0/s1. The number of unbranched alkanes of at least 4 members (excludes halogenated alkanes) is 1. The van der Waals surface area contributed by atoms with E-state index in [9.17, 15) is 9.18 Å². The lowest BCUT2D eigenvalue weighted by atomic mass is 10.1. The van der Waals surface area contributed by atoms with Crippen LogP contribution in [0.5, 0.6) is 0 Å². The average molecular weight is 249 g/mol. The molecule has 0 heterocycles. The van der Waals surface area contributed by atoms with Gasteiger partial charge in [-0.2, -0.15) is 5.26 Å². The Morgan fingerprint density at radius 3 is 2.89 bits per heavy atom. The molecule has 1 rings (SSSR count). The molecule has 0 aromatic heterocycles. The maximum absolute atomic E-state index is 13.5. The fourth-order valence-electron chi connectivity index (χ4n) is 1.47. The molecule has 0 bridgehead atoms. The lowest BCUT2D eigenvalue weighted by Gasteiger charge is -2.12. The van der Waals surface area contributed by atoms with E-state index in [0.29, 0.717) is 6.42 Å². The number of anilines is 1. The van der Waals surface area contributed by atoms with E-state index < -0.39 is 17.8 Å². The summed E-state index contributed by atoms with van der Waals surface area (Å²) in [7, 11) is 0. The molecule has 0 aliphatic heterocycles. The Kier molecular flexibility index (Phi) is 5.28. The van der Waals surface area contributed by atoms with E-state index in [0.717, 1.165) is 18.9 Å². The van der Waals surface area contributed by atoms with Gasteiger partial charge in [0.1, 0.15) is 5.82 Å². The second-order valence-electron chi connectivity index (χ2n) is 4.04. The molecular weight excluding hydrogens is 233 g/mol. The number of hydrogen-bond acceptors (Lipinski definition) is 3. The molecule has 0 spiro atoms. The molecule has 1 aromatic carbocycles. The van der Waals surface area contributed by atoms with E-state index in [1.807, 2.05) is 13.0 Å². The SMILES string of the molecule is CCCC[C@H](N)C(=O)Nc1ccc(C#N)cc1F. The van der Waals surface area contributed by atoms with Crippen molar-refractivity contribution in [1.82, 2.24) is 0 Å². The third kappa shape index (κ3) is 3.82. The van der Waals surface area contributed by atoms with E-state index in [2.05, 4.69) is 5.32 Å². The lowest BCUT2D eigenvalue weighted by Crippen LogP contribution is -2.35. The number of nitrogens with one attached hydrogen (secondary N) is 1. The van der Waals surface area contributed by atoms with Gasteiger partial charge in [-0.1, -0.05) is 19.8 Å². The van der Waals surface area contributed by atoms with E-state index in [1.54, 1.807) is 0 Å². The summed E-state index contributed by atoms with van der Waals surface area (Å²) < 4.78 is 13.5. The highest BCUT2D eigenvalue weighted by Crippen LogP contribution is 2.15. The van der Waals surface area contributed by atoms with Gasteiger partial charge in [-0.15, -0.1) is 0 Å². The summed E-state index contributed by atoms with van der Waals surface area (Å²) in [6, 6.07) is 5.06. The monoisotopic (exact) mass is 249 g/mol. The molecule has 0 unspecified atom stereocenters. The highest BCUT2D eigenvalue weighted by Gasteiger charge is 2.14. The maximum atomic E-state index is 13.5. The number of carbonyl (C=O) groups excluding carboxylic acids is 1. The van der Waals surface area contributed by atoms with Gasteiger partial charge in [0.2, 0.25) is 5.91 Å². The van der Waals surface area contributed by atoms with E-state index in [-0.39, 0.29) is 11.3 Å². The zero-order valence-corrected chi connectivity index (χ0v) is 10.2. The van der Waals surface area contributed by atoms with Crippen LogP contribution in [0.1, 0.15) is 31.7 Å². The summed E-state index contributed by atoms with van der Waals surface area (Å²) in [5.41, 5.74) is 5.93. The predicted molar refractivity (Wildman–Crippen MR) is 67.2 cm³/mol. The van der Waals surface area contributed by atoms with Gasteiger partial charge in [-0.05, 0) is 24.6 Å². The number of benzene rings is 1. The van der Waals surface area contributed by atoms with Crippen LogP contribution in [0.4, 0.5) is 10.1 Å². The maximum Gasteiger partial charge on any atom is 0.241 e. The first kappa shape index (κ1) is 14.1. The topological polar surface area (TPSA) is 78.9 Å². The number of hydrogen-bond donors (Lipinski definition) is 2. The molecule has 0 fully saturated rings. The molecule has 96 valence electrons. The molecule has 1 atom stereocenters. The second-order valence-corrected chi connectivity index (χ2v) is 4.04. The minimum atomic E-state index is -0.639. The van der Waals surface area contributed by atoms with Gasteiger partial charge in [-0.3, -0.25) is 4.79 Å². The molecule has 3 N–H and O–H groups in total. The van der Waals surface area contributed by atoms with Crippen LogP contribution in [0, 0.1) is 17.1 Å². The van der Waals surface area contributed by atoms with Crippen LogP contribution in [-0.4, -0.2) is 11.9 Å². The molecule has 4 nitrogen and oxygen atoms in total. The Morgan fingerprint density at radius 2 is 2.33 bits per heavy atom. The van der Waals surface area contributed by atoms with Crippen LogP contribution in [0.15, 0.2) is 18.2 Å². The molecule has 18 heavy (non-hydrogen) atoms. The average Bonchev–Trinajstić information content (AvgIpc) is 2.38. The Bertz CT molecular complexity index is 468. The number of amides is 1. The van der Waals surface area contributed by atoms with Crippen LogP contribution in [-0.2, 0) is 4.79 Å². The summed E-state index contributed by atoms with van der Waals surface area (Å²) >= 11 is 0. The van der Waals surface area contributed by atoms with Crippen molar-refractivity contribution in [2.45, 2.75) is 32.2 Å². The first-order chi connectivity index (χ1) is 8.58. The Hall–Kier alpha value is -1.93. The van der Waals surface area contributed by atoms with Crippen LogP contribution in [0.2, 0.25) is 0 Å². The van der Waals surface area contributed by atoms with Crippen LogP contribution in [0.3, 0.4) is 0 Å². The van der Waals surface area contributed by atoms with Gasteiger partial charge >= 0.3 is 0 Å². The fraction of sp³-hybridized carbons (Fsp3) is 0.385. The first-order valence-electron chi connectivity index (χ1n) is 5.84. The normalized spacial score (nSPS) is 11.7. The zero-order chi connectivity index (χ0) is 13.5. The van der Waals surface area contributed by atoms with Crippen molar-refractivity contribution >= 4 is 11.6 Å². The minimum Gasteiger partial charge on any atom is -0.322 e. The van der Waals surface area contributed by atoms with Crippen LogP contribution < -0.4 is 11.1 Å². The Morgan fingerprint density at radius 1 is 1.61 bits per heavy atom. The van der Waals surface area contributed by atoms with Gasteiger partial charge in [0.25, 0.3) is 0 Å². The van der Waals surface area contributed by atoms with Gasteiger partial charge in [-0.25, -0.2) is 4.39 Å². The molecule has 0 radical (unpaired) electrons. The largest absolute Gasteiger partial charge is 0.322 e. The molecule has 0 saturated heterocycles. The summed E-state index contributed by atoms with van der Waals surface area (Å²) in [6.45, 7) is 2.00. The zero-order valence-electron chi connectivity index (χ0n) is 10.2. The molecule has 1 amide bonds. The van der Waals surface area contributed by atoms with Gasteiger partial charge < -0.3 is 11.1 Å². The fourth-order valence-corrected chi connectivity index (χ4v) is 1.47. The summed E-state index contributed by atoms with van der Waals surface area (Å²) in [6.07, 6.45) is 2.37. The molecule has 1 aromatic rings. The number of halogens is 1. The summed E-state index contributed by atoms with van der Waals surface area (Å²) in [5.74, 6) is -1.04. The second kappa shape index (κ2) is 6.72. The number of nitrogens with two attached hydrogens (primary N) is 1. The molecule has 0 aliphatic carbocycles. The number of nitriles is 1. The highest BCUT2D eigenvalue weighted by atomic mass is 19.1. The highest BCUT2D eigenvalue weighted by molar-refractivity contribution is 5.94. The van der Waals surface area contributed by atoms with Crippen LogP contribution >= 0.6 is 0 Å². The van der Waals surface area contributed by atoms with Crippen LogP contribution in [0.25, 0.3) is 0 Å². The molecule has 0 aliphatic rings.